The highest BCUT2D eigenvalue weighted by atomic mass is 16.5. The molecule has 0 saturated carbocycles. The van der Waals surface area contributed by atoms with Crippen LogP contribution >= 0.6 is 0 Å². The zero-order valence-corrected chi connectivity index (χ0v) is 10.3. The second-order valence-corrected chi connectivity index (χ2v) is 3.77. The number of Topliss-reactive ketones (excluding diaryl/α,β-unsaturated/α-hetero) is 1. The molecule has 1 unspecified atom stereocenters. The Morgan fingerprint density at radius 1 is 1.29 bits per heavy atom. The van der Waals surface area contributed by atoms with Crippen molar-refractivity contribution in [1.82, 2.24) is 0 Å². The van der Waals surface area contributed by atoms with Gasteiger partial charge >= 0.3 is 5.97 Å². The maximum atomic E-state index is 11.4. The van der Waals surface area contributed by atoms with Crippen molar-refractivity contribution < 1.29 is 14.3 Å². The number of carbonyl (C=O) groups excluding carboxylic acids is 2. The van der Waals surface area contributed by atoms with Crippen LogP contribution in [0.1, 0.15) is 31.1 Å². The Morgan fingerprint density at radius 3 is 2.35 bits per heavy atom. The van der Waals surface area contributed by atoms with Crippen molar-refractivity contribution in [2.24, 2.45) is 0 Å². The molecule has 0 fully saturated rings. The lowest BCUT2D eigenvalue weighted by Gasteiger charge is -2.12. The van der Waals surface area contributed by atoms with Gasteiger partial charge in [0.15, 0.2) is 5.78 Å². The number of hydrogen-bond acceptors (Lipinski definition) is 4. The van der Waals surface area contributed by atoms with Crippen molar-refractivity contribution in [3.63, 3.8) is 0 Å². The quantitative estimate of drug-likeness (QED) is 0.795. The van der Waals surface area contributed by atoms with Gasteiger partial charge in [-0.25, -0.2) is 4.79 Å². The van der Waals surface area contributed by atoms with Gasteiger partial charge in [0.2, 0.25) is 0 Å². The smallest absolute Gasteiger partial charge is 0.338 e. The number of carbonyl (C=O) groups is 2. The summed E-state index contributed by atoms with van der Waals surface area (Å²) in [6, 6.07) is 6.63. The molecule has 0 aliphatic heterocycles. The summed E-state index contributed by atoms with van der Waals surface area (Å²) in [4.78, 5) is 22.5. The van der Waals surface area contributed by atoms with Crippen LogP contribution in [-0.4, -0.2) is 24.4 Å². The average Bonchev–Trinajstić information content (AvgIpc) is 2.30. The first-order valence-corrected chi connectivity index (χ1v) is 5.58. The monoisotopic (exact) mass is 235 g/mol. The largest absolute Gasteiger partial charge is 0.462 e. The Balaban J connectivity index is 2.68. The fourth-order valence-corrected chi connectivity index (χ4v) is 1.27. The zero-order valence-electron chi connectivity index (χ0n) is 10.3. The van der Waals surface area contributed by atoms with E-state index in [1.807, 2.05) is 0 Å². The van der Waals surface area contributed by atoms with E-state index >= 15 is 0 Å². The summed E-state index contributed by atoms with van der Waals surface area (Å²) in [7, 11) is 0. The molecule has 0 bridgehead atoms. The first-order chi connectivity index (χ1) is 8.04. The molecule has 1 rings (SSSR count). The Bertz CT molecular complexity index is 398. The van der Waals surface area contributed by atoms with Crippen molar-refractivity contribution in [2.45, 2.75) is 26.8 Å². The Labute approximate surface area is 101 Å². The number of benzene rings is 1. The van der Waals surface area contributed by atoms with Gasteiger partial charge in [0, 0.05) is 5.69 Å². The van der Waals surface area contributed by atoms with Crippen LogP contribution in [0.4, 0.5) is 5.69 Å². The van der Waals surface area contributed by atoms with Crippen LogP contribution < -0.4 is 5.32 Å². The number of hydrogen-bond donors (Lipinski definition) is 1. The lowest BCUT2D eigenvalue weighted by Crippen LogP contribution is -2.23. The molecule has 0 aliphatic carbocycles. The van der Waals surface area contributed by atoms with Crippen molar-refractivity contribution in [2.75, 3.05) is 11.9 Å². The molecule has 0 aromatic heterocycles. The third-order valence-electron chi connectivity index (χ3n) is 2.39. The van der Waals surface area contributed by atoms with E-state index in [-0.39, 0.29) is 17.8 Å². The average molecular weight is 235 g/mol. The van der Waals surface area contributed by atoms with Crippen LogP contribution in [0.5, 0.6) is 0 Å². The molecule has 17 heavy (non-hydrogen) atoms. The van der Waals surface area contributed by atoms with Gasteiger partial charge < -0.3 is 10.1 Å². The molecule has 0 heterocycles. The van der Waals surface area contributed by atoms with E-state index in [1.165, 1.54) is 6.92 Å². The predicted octanol–water partition coefficient (Wildman–Crippen LogP) is 2.25. The minimum Gasteiger partial charge on any atom is -0.462 e. The van der Waals surface area contributed by atoms with E-state index < -0.39 is 0 Å². The van der Waals surface area contributed by atoms with Gasteiger partial charge in [-0.2, -0.15) is 0 Å². The minimum atomic E-state index is -0.335. The predicted molar refractivity (Wildman–Crippen MR) is 66.2 cm³/mol. The van der Waals surface area contributed by atoms with E-state index in [0.717, 1.165) is 5.69 Å². The molecular weight excluding hydrogens is 218 g/mol. The minimum absolute atomic E-state index is 0.0690. The lowest BCUT2D eigenvalue weighted by atomic mass is 10.2. The molecule has 1 aromatic carbocycles. The highest BCUT2D eigenvalue weighted by molar-refractivity contribution is 5.90. The Morgan fingerprint density at radius 2 is 1.88 bits per heavy atom. The van der Waals surface area contributed by atoms with Gasteiger partial charge in [-0.1, -0.05) is 0 Å². The molecule has 92 valence electrons. The van der Waals surface area contributed by atoms with Gasteiger partial charge in [-0.05, 0) is 45.0 Å². The van der Waals surface area contributed by atoms with Gasteiger partial charge in [0.05, 0.1) is 18.2 Å². The lowest BCUT2D eigenvalue weighted by molar-refractivity contribution is -0.117. The van der Waals surface area contributed by atoms with Crippen LogP contribution in [0.25, 0.3) is 0 Å². The van der Waals surface area contributed by atoms with E-state index in [2.05, 4.69) is 5.32 Å². The molecule has 0 aliphatic rings. The molecule has 1 N–H and O–H groups in total. The van der Waals surface area contributed by atoms with Crippen molar-refractivity contribution in [1.29, 1.82) is 0 Å². The fourth-order valence-electron chi connectivity index (χ4n) is 1.27. The van der Waals surface area contributed by atoms with Crippen molar-refractivity contribution in [3.8, 4) is 0 Å². The molecule has 4 nitrogen and oxygen atoms in total. The molecule has 0 saturated heterocycles. The van der Waals surface area contributed by atoms with Crippen molar-refractivity contribution in [3.05, 3.63) is 29.8 Å². The topological polar surface area (TPSA) is 55.4 Å². The summed E-state index contributed by atoms with van der Waals surface area (Å²) < 4.78 is 4.87. The summed E-state index contributed by atoms with van der Waals surface area (Å²) in [6.45, 7) is 5.45. The maximum Gasteiger partial charge on any atom is 0.338 e. The highest BCUT2D eigenvalue weighted by Gasteiger charge is 2.08. The first kappa shape index (κ1) is 13.2. The molecular formula is C13H17NO3. The number of nitrogens with one attached hydrogen (secondary N) is 1. The molecule has 0 amide bonds. The molecule has 0 radical (unpaired) electrons. The number of rotatable bonds is 5. The van der Waals surface area contributed by atoms with E-state index in [4.69, 9.17) is 4.74 Å². The highest BCUT2D eigenvalue weighted by Crippen LogP contribution is 2.11. The summed E-state index contributed by atoms with van der Waals surface area (Å²) >= 11 is 0. The summed E-state index contributed by atoms with van der Waals surface area (Å²) in [6.07, 6.45) is 0. The van der Waals surface area contributed by atoms with E-state index in [0.29, 0.717) is 12.2 Å². The summed E-state index contributed by atoms with van der Waals surface area (Å²) in [5, 5.41) is 3.04. The normalized spacial score (nSPS) is 11.7. The summed E-state index contributed by atoms with van der Waals surface area (Å²) in [5.74, 6) is -0.266. The van der Waals surface area contributed by atoms with Crippen molar-refractivity contribution >= 4 is 17.4 Å². The zero-order chi connectivity index (χ0) is 12.8. The van der Waals surface area contributed by atoms with Crippen LogP contribution in [-0.2, 0) is 9.53 Å². The van der Waals surface area contributed by atoms with Gasteiger partial charge in [-0.15, -0.1) is 0 Å². The maximum absolute atomic E-state index is 11.4. The molecule has 4 heteroatoms. The number of ketones is 1. The van der Waals surface area contributed by atoms with E-state index in [1.54, 1.807) is 38.1 Å². The number of esters is 1. The van der Waals surface area contributed by atoms with Gasteiger partial charge in [-0.3, -0.25) is 4.79 Å². The van der Waals surface area contributed by atoms with Gasteiger partial charge in [0.25, 0.3) is 0 Å². The third kappa shape index (κ3) is 3.90. The van der Waals surface area contributed by atoms with Crippen LogP contribution in [0.2, 0.25) is 0 Å². The SMILES string of the molecule is CCOC(=O)c1ccc(NC(C)C(C)=O)cc1. The van der Waals surface area contributed by atoms with Crippen LogP contribution in [0.3, 0.4) is 0 Å². The van der Waals surface area contributed by atoms with Crippen LogP contribution in [0.15, 0.2) is 24.3 Å². The molecule has 1 atom stereocenters. The Hall–Kier alpha value is -1.84. The first-order valence-electron chi connectivity index (χ1n) is 5.58. The standard InChI is InChI=1S/C13H17NO3/c1-4-17-13(16)11-5-7-12(8-6-11)14-9(2)10(3)15/h5-9,14H,4H2,1-3H3. The molecule has 1 aromatic rings. The fraction of sp³-hybridized carbons (Fsp3) is 0.385. The van der Waals surface area contributed by atoms with Gasteiger partial charge in [0.1, 0.15) is 0 Å². The number of ether oxygens (including phenoxy) is 1. The number of anilines is 1. The third-order valence-corrected chi connectivity index (χ3v) is 2.39. The Kier molecular flexibility index (Phi) is 4.69. The van der Waals surface area contributed by atoms with E-state index in [9.17, 15) is 9.59 Å². The second-order valence-electron chi connectivity index (χ2n) is 3.77. The second kappa shape index (κ2) is 6.03. The van der Waals surface area contributed by atoms with Crippen LogP contribution in [0, 0.1) is 0 Å². The molecule has 0 spiro atoms. The summed E-state index contributed by atoms with van der Waals surface area (Å²) in [5.41, 5.74) is 1.31.